The number of primary amides is 1. The summed E-state index contributed by atoms with van der Waals surface area (Å²) in [5.41, 5.74) is 5.05. The summed E-state index contributed by atoms with van der Waals surface area (Å²) in [4.78, 5) is 21.7. The maximum atomic E-state index is 12.0. The summed E-state index contributed by atoms with van der Waals surface area (Å²) in [5.74, 6) is -0.119. The Morgan fingerprint density at radius 1 is 1.60 bits per heavy atom. The minimum Gasteiger partial charge on any atom is -0.480 e. The highest BCUT2D eigenvalue weighted by molar-refractivity contribution is 7.89. The lowest BCUT2D eigenvalue weighted by molar-refractivity contribution is -0.138. The van der Waals surface area contributed by atoms with Gasteiger partial charge >= 0.3 is 5.97 Å². The fourth-order valence-electron chi connectivity index (χ4n) is 1.48. The molecule has 1 aromatic rings. The molecule has 1 amide bonds. The molecular formula is C11H13N3O5S. The SMILES string of the molecule is C#CCC(NS(=O)(=O)c1cc(C(N)=O)n(C)c1)C(=O)O. The molecule has 0 fully saturated rings. The molecule has 1 atom stereocenters. The average Bonchev–Trinajstić information content (AvgIpc) is 2.71. The van der Waals surface area contributed by atoms with Crippen LogP contribution in [0.1, 0.15) is 16.9 Å². The maximum absolute atomic E-state index is 12.0. The van der Waals surface area contributed by atoms with E-state index in [0.717, 1.165) is 12.3 Å². The first-order chi connectivity index (χ1) is 9.19. The van der Waals surface area contributed by atoms with Crippen LogP contribution in [0, 0.1) is 12.3 Å². The zero-order valence-corrected chi connectivity index (χ0v) is 11.3. The van der Waals surface area contributed by atoms with Gasteiger partial charge in [-0.25, -0.2) is 8.42 Å². The quantitative estimate of drug-likeness (QED) is 0.572. The van der Waals surface area contributed by atoms with Crippen molar-refractivity contribution in [2.24, 2.45) is 12.8 Å². The Bertz CT molecular complexity index is 683. The number of aliphatic carboxylic acids is 1. The van der Waals surface area contributed by atoms with E-state index in [4.69, 9.17) is 17.3 Å². The van der Waals surface area contributed by atoms with E-state index in [0.29, 0.717) is 0 Å². The molecule has 0 bridgehead atoms. The number of carbonyl (C=O) groups excluding carboxylic acids is 1. The van der Waals surface area contributed by atoms with Gasteiger partial charge in [-0.2, -0.15) is 4.72 Å². The Labute approximate surface area is 115 Å². The molecule has 0 saturated heterocycles. The summed E-state index contributed by atoms with van der Waals surface area (Å²) in [6, 6.07) is -0.387. The zero-order valence-electron chi connectivity index (χ0n) is 10.5. The van der Waals surface area contributed by atoms with Crippen LogP contribution in [0.4, 0.5) is 0 Å². The highest BCUT2D eigenvalue weighted by Gasteiger charge is 2.26. The van der Waals surface area contributed by atoms with E-state index in [1.54, 1.807) is 0 Å². The molecule has 0 aliphatic carbocycles. The van der Waals surface area contributed by atoms with Crippen LogP contribution in [0.5, 0.6) is 0 Å². The Hall–Kier alpha value is -2.31. The molecule has 0 aliphatic rings. The molecule has 0 saturated carbocycles. The number of rotatable bonds is 6. The van der Waals surface area contributed by atoms with Gasteiger partial charge in [0.15, 0.2) is 0 Å². The van der Waals surface area contributed by atoms with E-state index in [2.05, 4.69) is 5.92 Å². The summed E-state index contributed by atoms with van der Waals surface area (Å²) in [7, 11) is -2.68. The van der Waals surface area contributed by atoms with Crippen molar-refractivity contribution in [3.8, 4) is 12.3 Å². The van der Waals surface area contributed by atoms with Gasteiger partial charge in [-0.05, 0) is 6.07 Å². The molecule has 4 N–H and O–H groups in total. The van der Waals surface area contributed by atoms with E-state index < -0.39 is 27.9 Å². The van der Waals surface area contributed by atoms with E-state index in [1.165, 1.54) is 11.6 Å². The van der Waals surface area contributed by atoms with E-state index in [9.17, 15) is 18.0 Å². The van der Waals surface area contributed by atoms with Gasteiger partial charge in [-0.1, -0.05) is 0 Å². The lowest BCUT2D eigenvalue weighted by Crippen LogP contribution is -2.40. The van der Waals surface area contributed by atoms with Crippen molar-refractivity contribution >= 4 is 21.9 Å². The molecule has 0 radical (unpaired) electrons. The second-order valence-corrected chi connectivity index (χ2v) is 5.67. The molecule has 108 valence electrons. The van der Waals surface area contributed by atoms with Gasteiger partial charge in [0, 0.05) is 19.7 Å². The molecule has 9 heteroatoms. The topological polar surface area (TPSA) is 131 Å². The first-order valence-electron chi connectivity index (χ1n) is 5.33. The number of terminal acetylenes is 1. The fourth-order valence-corrected chi connectivity index (χ4v) is 2.74. The first-order valence-corrected chi connectivity index (χ1v) is 6.82. The number of nitrogens with one attached hydrogen (secondary N) is 1. The minimum absolute atomic E-state index is 0.0193. The van der Waals surface area contributed by atoms with Crippen LogP contribution in [-0.2, 0) is 21.9 Å². The van der Waals surface area contributed by atoms with Crippen molar-refractivity contribution in [2.75, 3.05) is 0 Å². The lowest BCUT2D eigenvalue weighted by atomic mass is 10.2. The number of carbonyl (C=O) groups is 2. The van der Waals surface area contributed by atoms with Gasteiger partial charge < -0.3 is 15.4 Å². The molecule has 1 unspecified atom stereocenters. The zero-order chi connectivity index (χ0) is 15.5. The Morgan fingerprint density at radius 2 is 2.20 bits per heavy atom. The predicted octanol–water partition coefficient (Wildman–Crippen LogP) is -1.12. The van der Waals surface area contributed by atoms with Crippen molar-refractivity contribution < 1.29 is 23.1 Å². The number of hydrogen-bond acceptors (Lipinski definition) is 4. The minimum atomic E-state index is -4.12. The third-order valence-corrected chi connectivity index (χ3v) is 3.90. The Morgan fingerprint density at radius 3 is 2.60 bits per heavy atom. The molecule has 8 nitrogen and oxygen atoms in total. The number of amides is 1. The predicted molar refractivity (Wildman–Crippen MR) is 69.1 cm³/mol. The van der Waals surface area contributed by atoms with Crippen molar-refractivity contribution in [2.45, 2.75) is 17.4 Å². The van der Waals surface area contributed by atoms with Gasteiger partial charge in [-0.15, -0.1) is 12.3 Å². The number of nitrogens with zero attached hydrogens (tertiary/aromatic N) is 1. The smallest absolute Gasteiger partial charge is 0.322 e. The number of aryl methyl sites for hydroxylation is 1. The van der Waals surface area contributed by atoms with Gasteiger partial charge in [0.25, 0.3) is 5.91 Å². The average molecular weight is 299 g/mol. The summed E-state index contributed by atoms with van der Waals surface area (Å²) in [5, 5.41) is 8.86. The van der Waals surface area contributed by atoms with Crippen molar-refractivity contribution in [1.29, 1.82) is 0 Å². The number of aromatic nitrogens is 1. The number of nitrogens with two attached hydrogens (primary N) is 1. The number of sulfonamides is 1. The van der Waals surface area contributed by atoms with E-state index >= 15 is 0 Å². The lowest BCUT2D eigenvalue weighted by Gasteiger charge is -2.11. The monoisotopic (exact) mass is 299 g/mol. The standard InChI is InChI=1S/C11H13N3O5S/c1-3-4-8(11(16)17)13-20(18,19)7-5-9(10(12)15)14(2)6-7/h1,5-6,8,13H,4H2,2H3,(H2,12,15)(H,16,17). The molecule has 20 heavy (non-hydrogen) atoms. The highest BCUT2D eigenvalue weighted by atomic mass is 32.2. The van der Waals surface area contributed by atoms with Crippen LogP contribution in [0.3, 0.4) is 0 Å². The summed E-state index contributed by atoms with van der Waals surface area (Å²) in [6.07, 6.45) is 5.83. The molecule has 1 aromatic heterocycles. The van der Waals surface area contributed by atoms with Crippen molar-refractivity contribution in [3.63, 3.8) is 0 Å². The highest BCUT2D eigenvalue weighted by Crippen LogP contribution is 2.14. The van der Waals surface area contributed by atoms with Crippen LogP contribution in [0.25, 0.3) is 0 Å². The Kier molecular flexibility index (Phi) is 4.54. The van der Waals surface area contributed by atoms with Crippen LogP contribution >= 0.6 is 0 Å². The van der Waals surface area contributed by atoms with E-state index in [1.807, 2.05) is 4.72 Å². The number of carboxylic acids is 1. The first kappa shape index (κ1) is 15.7. The largest absolute Gasteiger partial charge is 0.480 e. The second-order valence-electron chi connectivity index (χ2n) is 3.96. The van der Waals surface area contributed by atoms with Gasteiger partial charge in [0.1, 0.15) is 16.6 Å². The van der Waals surface area contributed by atoms with E-state index in [-0.39, 0.29) is 17.0 Å². The number of carboxylic acid groups (broad SMARTS) is 1. The van der Waals surface area contributed by atoms with Crippen molar-refractivity contribution in [1.82, 2.24) is 9.29 Å². The normalized spacial score (nSPS) is 12.6. The van der Waals surface area contributed by atoms with Crippen molar-refractivity contribution in [3.05, 3.63) is 18.0 Å². The molecule has 1 heterocycles. The third-order valence-electron chi connectivity index (χ3n) is 2.46. The summed E-state index contributed by atoms with van der Waals surface area (Å²) < 4.78 is 27.2. The van der Waals surface area contributed by atoms with Gasteiger partial charge in [0.05, 0.1) is 0 Å². The molecule has 0 aliphatic heterocycles. The molecule has 0 aromatic carbocycles. The van der Waals surface area contributed by atoms with Crippen LogP contribution in [0.15, 0.2) is 17.2 Å². The van der Waals surface area contributed by atoms with Gasteiger partial charge in [-0.3, -0.25) is 9.59 Å². The fraction of sp³-hybridized carbons (Fsp3) is 0.273. The van der Waals surface area contributed by atoms with Crippen LogP contribution in [-0.4, -0.2) is 36.0 Å². The summed E-state index contributed by atoms with van der Waals surface area (Å²) >= 11 is 0. The second kappa shape index (κ2) is 5.77. The van der Waals surface area contributed by atoms with Gasteiger partial charge in [0.2, 0.25) is 10.0 Å². The summed E-state index contributed by atoms with van der Waals surface area (Å²) in [6.45, 7) is 0. The molecule has 1 rings (SSSR count). The Balaban J connectivity index is 3.11. The maximum Gasteiger partial charge on any atom is 0.322 e. The van der Waals surface area contributed by atoms with Crippen LogP contribution < -0.4 is 10.5 Å². The van der Waals surface area contributed by atoms with Crippen LogP contribution in [0.2, 0.25) is 0 Å². The number of hydrogen-bond donors (Lipinski definition) is 3. The molecular weight excluding hydrogens is 286 g/mol. The third kappa shape index (κ3) is 3.37. The molecule has 0 spiro atoms.